The number of aromatic carboxylic acids is 1. The Hall–Kier alpha value is -2.63. The molecule has 0 aliphatic carbocycles. The second kappa shape index (κ2) is 5.34. The molecular weight excluding hydrogens is 248 g/mol. The van der Waals surface area contributed by atoms with Gasteiger partial charge in [-0.15, -0.1) is 5.10 Å². The Morgan fingerprint density at radius 1 is 1.32 bits per heavy atom. The molecular formula is C13H12N2O4. The number of methoxy groups -OCH3 is 1. The van der Waals surface area contributed by atoms with Crippen molar-refractivity contribution in [2.24, 2.45) is 0 Å². The minimum atomic E-state index is -1.10. The van der Waals surface area contributed by atoms with E-state index in [1.54, 1.807) is 18.3 Å². The minimum absolute atomic E-state index is 0.00246. The fourth-order valence-electron chi connectivity index (χ4n) is 1.49. The molecule has 0 atom stereocenters. The van der Waals surface area contributed by atoms with Crippen molar-refractivity contribution in [2.75, 3.05) is 7.11 Å². The summed E-state index contributed by atoms with van der Waals surface area (Å²) in [5, 5.41) is 16.7. The second-order valence-electron chi connectivity index (χ2n) is 3.84. The van der Waals surface area contributed by atoms with Crippen molar-refractivity contribution in [1.82, 2.24) is 10.2 Å². The van der Waals surface area contributed by atoms with Gasteiger partial charge in [0.2, 0.25) is 5.88 Å². The number of aryl methyl sites for hydroxylation is 1. The zero-order valence-corrected chi connectivity index (χ0v) is 10.5. The van der Waals surface area contributed by atoms with Crippen LogP contribution in [0.15, 0.2) is 30.5 Å². The van der Waals surface area contributed by atoms with Crippen LogP contribution in [0.25, 0.3) is 0 Å². The molecule has 2 aromatic rings. The van der Waals surface area contributed by atoms with E-state index in [1.807, 2.05) is 6.92 Å². The minimum Gasteiger partial charge on any atom is -0.497 e. The largest absolute Gasteiger partial charge is 0.497 e. The molecule has 0 saturated heterocycles. The lowest BCUT2D eigenvalue weighted by molar-refractivity contribution is 0.0693. The summed E-state index contributed by atoms with van der Waals surface area (Å²) in [6.45, 7) is 1.84. The van der Waals surface area contributed by atoms with E-state index >= 15 is 0 Å². The molecule has 0 amide bonds. The van der Waals surface area contributed by atoms with E-state index < -0.39 is 5.97 Å². The maximum Gasteiger partial charge on any atom is 0.339 e. The highest BCUT2D eigenvalue weighted by Gasteiger charge is 2.14. The summed E-state index contributed by atoms with van der Waals surface area (Å²) in [5.41, 5.74) is 0.873. The Balaban J connectivity index is 2.36. The highest BCUT2D eigenvalue weighted by Crippen LogP contribution is 2.27. The van der Waals surface area contributed by atoms with Crippen LogP contribution in [-0.4, -0.2) is 28.4 Å². The zero-order chi connectivity index (χ0) is 13.8. The van der Waals surface area contributed by atoms with Gasteiger partial charge in [-0.1, -0.05) is 0 Å². The number of benzene rings is 1. The van der Waals surface area contributed by atoms with Crippen LogP contribution in [0, 0.1) is 6.92 Å². The zero-order valence-electron chi connectivity index (χ0n) is 10.5. The lowest BCUT2D eigenvalue weighted by Crippen LogP contribution is -2.01. The summed E-state index contributed by atoms with van der Waals surface area (Å²) < 4.78 is 10.4. The van der Waals surface area contributed by atoms with Gasteiger partial charge in [0.1, 0.15) is 17.1 Å². The van der Waals surface area contributed by atoms with E-state index in [1.165, 1.54) is 19.2 Å². The summed E-state index contributed by atoms with van der Waals surface area (Å²) in [5.74, 6) is -0.226. The molecule has 0 bridgehead atoms. The highest BCUT2D eigenvalue weighted by atomic mass is 16.5. The third-order valence-corrected chi connectivity index (χ3v) is 2.40. The first-order chi connectivity index (χ1) is 9.10. The molecule has 6 nitrogen and oxygen atoms in total. The highest BCUT2D eigenvalue weighted by molar-refractivity contribution is 5.91. The Bertz CT molecular complexity index is 613. The molecule has 1 aromatic heterocycles. The number of carboxylic acids is 1. The van der Waals surface area contributed by atoms with Gasteiger partial charge in [0, 0.05) is 6.07 Å². The van der Waals surface area contributed by atoms with Crippen molar-refractivity contribution in [2.45, 2.75) is 6.92 Å². The fraction of sp³-hybridized carbons (Fsp3) is 0.154. The third-order valence-electron chi connectivity index (χ3n) is 2.40. The number of nitrogens with zero attached hydrogens (tertiary/aromatic N) is 2. The quantitative estimate of drug-likeness (QED) is 0.908. The SMILES string of the molecule is COc1ccc(Oc2cc(C)cnn2)c(C(=O)O)c1. The summed E-state index contributed by atoms with van der Waals surface area (Å²) in [6.07, 6.45) is 1.58. The Labute approximate surface area is 109 Å². The molecule has 0 aliphatic heterocycles. The molecule has 0 spiro atoms. The number of carboxylic acid groups (broad SMARTS) is 1. The van der Waals surface area contributed by atoms with E-state index in [4.69, 9.17) is 14.6 Å². The van der Waals surface area contributed by atoms with Crippen molar-refractivity contribution >= 4 is 5.97 Å². The number of aromatic nitrogens is 2. The van der Waals surface area contributed by atoms with Crippen molar-refractivity contribution in [1.29, 1.82) is 0 Å². The molecule has 1 aromatic carbocycles. The second-order valence-corrected chi connectivity index (χ2v) is 3.84. The number of hydrogen-bond acceptors (Lipinski definition) is 5. The molecule has 1 heterocycles. The molecule has 0 saturated carbocycles. The number of ether oxygens (including phenoxy) is 2. The van der Waals surface area contributed by atoms with Crippen LogP contribution < -0.4 is 9.47 Å². The normalized spacial score (nSPS) is 10.0. The molecule has 6 heteroatoms. The predicted octanol–water partition coefficient (Wildman–Crippen LogP) is 2.28. The van der Waals surface area contributed by atoms with E-state index in [9.17, 15) is 4.79 Å². The molecule has 1 N–H and O–H groups in total. The lowest BCUT2D eigenvalue weighted by atomic mass is 10.2. The monoisotopic (exact) mass is 260 g/mol. The van der Waals surface area contributed by atoms with Gasteiger partial charge in [-0.3, -0.25) is 0 Å². The van der Waals surface area contributed by atoms with Gasteiger partial charge >= 0.3 is 5.97 Å². The van der Waals surface area contributed by atoms with Gasteiger partial charge in [-0.2, -0.15) is 5.10 Å². The summed E-state index contributed by atoms with van der Waals surface area (Å²) in [6, 6.07) is 6.20. The van der Waals surface area contributed by atoms with Crippen molar-refractivity contribution in [3.8, 4) is 17.4 Å². The van der Waals surface area contributed by atoms with E-state index in [2.05, 4.69) is 10.2 Å². The summed E-state index contributed by atoms with van der Waals surface area (Å²) >= 11 is 0. The summed E-state index contributed by atoms with van der Waals surface area (Å²) in [4.78, 5) is 11.2. The van der Waals surface area contributed by atoms with Crippen molar-refractivity contribution in [3.05, 3.63) is 41.6 Å². The molecule has 0 unspecified atom stereocenters. The molecule has 0 radical (unpaired) electrons. The van der Waals surface area contributed by atoms with Gasteiger partial charge in [0.15, 0.2) is 0 Å². The van der Waals surface area contributed by atoms with Crippen LogP contribution in [0.2, 0.25) is 0 Å². The van der Waals surface area contributed by atoms with Crippen LogP contribution in [0.4, 0.5) is 0 Å². The first-order valence-electron chi connectivity index (χ1n) is 5.48. The van der Waals surface area contributed by atoms with Crippen molar-refractivity contribution < 1.29 is 19.4 Å². The first-order valence-corrected chi connectivity index (χ1v) is 5.48. The molecule has 19 heavy (non-hydrogen) atoms. The first kappa shape index (κ1) is 12.8. The van der Waals surface area contributed by atoms with Gasteiger partial charge in [0.25, 0.3) is 0 Å². The van der Waals surface area contributed by atoms with E-state index in [0.717, 1.165) is 5.56 Å². The third kappa shape index (κ3) is 2.98. The van der Waals surface area contributed by atoms with Gasteiger partial charge in [-0.05, 0) is 30.7 Å². The average Bonchev–Trinajstić information content (AvgIpc) is 2.39. The van der Waals surface area contributed by atoms with Crippen LogP contribution in [0.3, 0.4) is 0 Å². The van der Waals surface area contributed by atoms with Crippen LogP contribution in [0.5, 0.6) is 17.4 Å². The molecule has 98 valence electrons. The number of carbonyl (C=O) groups is 1. The molecule has 0 aliphatic rings. The predicted molar refractivity (Wildman–Crippen MR) is 66.8 cm³/mol. The van der Waals surface area contributed by atoms with Crippen LogP contribution in [0.1, 0.15) is 15.9 Å². The standard InChI is InChI=1S/C13H12N2O4/c1-8-5-12(15-14-7-8)19-11-4-3-9(18-2)6-10(11)13(16)17/h3-7H,1-2H3,(H,16,17). The maximum atomic E-state index is 11.2. The fourth-order valence-corrected chi connectivity index (χ4v) is 1.49. The average molecular weight is 260 g/mol. The lowest BCUT2D eigenvalue weighted by Gasteiger charge is -2.09. The maximum absolute atomic E-state index is 11.2. The van der Waals surface area contributed by atoms with Gasteiger partial charge < -0.3 is 14.6 Å². The molecule has 0 fully saturated rings. The smallest absolute Gasteiger partial charge is 0.339 e. The van der Waals surface area contributed by atoms with Gasteiger partial charge in [0.05, 0.1) is 13.3 Å². The van der Waals surface area contributed by atoms with E-state index in [-0.39, 0.29) is 17.2 Å². The van der Waals surface area contributed by atoms with E-state index in [0.29, 0.717) is 5.75 Å². The number of hydrogen-bond donors (Lipinski definition) is 1. The Kier molecular flexibility index (Phi) is 3.61. The van der Waals surface area contributed by atoms with Crippen LogP contribution >= 0.6 is 0 Å². The topological polar surface area (TPSA) is 81.5 Å². The van der Waals surface area contributed by atoms with Gasteiger partial charge in [-0.25, -0.2) is 4.79 Å². The Morgan fingerprint density at radius 2 is 2.11 bits per heavy atom. The number of rotatable bonds is 4. The Morgan fingerprint density at radius 3 is 2.74 bits per heavy atom. The van der Waals surface area contributed by atoms with Crippen molar-refractivity contribution in [3.63, 3.8) is 0 Å². The summed E-state index contributed by atoms with van der Waals surface area (Å²) in [7, 11) is 1.47. The van der Waals surface area contributed by atoms with Crippen LogP contribution in [-0.2, 0) is 0 Å². The molecule has 2 rings (SSSR count).